The molecule has 0 aromatic carbocycles. The van der Waals surface area contributed by atoms with Gasteiger partial charge in [0, 0.05) is 30.8 Å². The van der Waals surface area contributed by atoms with E-state index in [1.54, 1.807) is 19.2 Å². The zero-order chi connectivity index (χ0) is 13.6. The van der Waals surface area contributed by atoms with Crippen LogP contribution in [0.4, 0.5) is 13.2 Å². The maximum absolute atomic E-state index is 11.9. The quantitative estimate of drug-likeness (QED) is 0.800. The van der Waals surface area contributed by atoms with Crippen molar-refractivity contribution in [1.29, 1.82) is 0 Å². The summed E-state index contributed by atoms with van der Waals surface area (Å²) in [5, 5.41) is 2.93. The lowest BCUT2D eigenvalue weighted by Gasteiger charge is -2.08. The van der Waals surface area contributed by atoms with E-state index in [0.717, 1.165) is 11.4 Å². The first kappa shape index (κ1) is 14.8. The number of alkyl halides is 3. The standard InChI is InChI=1S/C12H17F3N2O/c1-9-6-11(18-2)7-10(17-9)8-16-5-3-4-12(13,14)15/h6-7,16H,3-5,8H2,1-2H3. The van der Waals surface area contributed by atoms with E-state index in [1.807, 2.05) is 6.92 Å². The summed E-state index contributed by atoms with van der Waals surface area (Å²) in [6.07, 6.45) is -4.76. The van der Waals surface area contributed by atoms with Crippen molar-refractivity contribution in [3.05, 3.63) is 23.5 Å². The van der Waals surface area contributed by atoms with Crippen molar-refractivity contribution in [1.82, 2.24) is 10.3 Å². The Bertz CT molecular complexity index is 380. The SMILES string of the molecule is COc1cc(C)nc(CNCCCC(F)(F)F)c1. The Kier molecular flexibility index (Phi) is 5.40. The molecule has 0 aliphatic heterocycles. The topological polar surface area (TPSA) is 34.1 Å². The zero-order valence-electron chi connectivity index (χ0n) is 10.5. The molecule has 0 radical (unpaired) electrons. The molecule has 6 heteroatoms. The van der Waals surface area contributed by atoms with E-state index >= 15 is 0 Å². The Balaban J connectivity index is 2.33. The van der Waals surface area contributed by atoms with Crippen molar-refractivity contribution in [3.8, 4) is 5.75 Å². The zero-order valence-corrected chi connectivity index (χ0v) is 10.5. The predicted molar refractivity (Wildman–Crippen MR) is 62.5 cm³/mol. The van der Waals surface area contributed by atoms with Crippen LogP contribution < -0.4 is 10.1 Å². The molecule has 0 aliphatic carbocycles. The van der Waals surface area contributed by atoms with Gasteiger partial charge in [0.2, 0.25) is 0 Å². The van der Waals surface area contributed by atoms with Crippen LogP contribution in [-0.4, -0.2) is 24.8 Å². The monoisotopic (exact) mass is 262 g/mol. The number of nitrogens with one attached hydrogen (secondary N) is 1. The highest BCUT2D eigenvalue weighted by atomic mass is 19.4. The van der Waals surface area contributed by atoms with E-state index in [4.69, 9.17) is 4.74 Å². The Hall–Kier alpha value is -1.30. The third-order valence-corrected chi connectivity index (χ3v) is 2.34. The Morgan fingerprint density at radius 3 is 2.67 bits per heavy atom. The lowest BCUT2D eigenvalue weighted by molar-refractivity contribution is -0.135. The maximum atomic E-state index is 11.9. The van der Waals surface area contributed by atoms with Gasteiger partial charge in [0.05, 0.1) is 12.8 Å². The van der Waals surface area contributed by atoms with Gasteiger partial charge in [-0.25, -0.2) is 0 Å². The highest BCUT2D eigenvalue weighted by molar-refractivity contribution is 5.26. The number of pyridine rings is 1. The number of hydrogen-bond donors (Lipinski definition) is 1. The van der Waals surface area contributed by atoms with Crippen LogP contribution in [-0.2, 0) is 6.54 Å². The van der Waals surface area contributed by atoms with Gasteiger partial charge < -0.3 is 10.1 Å². The molecule has 0 spiro atoms. The van der Waals surface area contributed by atoms with Crippen LogP contribution in [0.1, 0.15) is 24.2 Å². The minimum atomic E-state index is -4.08. The van der Waals surface area contributed by atoms with Gasteiger partial charge in [0.1, 0.15) is 5.75 Å². The summed E-state index contributed by atoms with van der Waals surface area (Å²) in [5.74, 6) is 0.703. The van der Waals surface area contributed by atoms with Crippen LogP contribution in [0, 0.1) is 6.92 Å². The largest absolute Gasteiger partial charge is 0.497 e. The fraction of sp³-hybridized carbons (Fsp3) is 0.583. The molecule has 0 unspecified atom stereocenters. The lowest BCUT2D eigenvalue weighted by atomic mass is 10.2. The number of aromatic nitrogens is 1. The van der Waals surface area contributed by atoms with E-state index in [1.165, 1.54) is 0 Å². The minimum Gasteiger partial charge on any atom is -0.497 e. The van der Waals surface area contributed by atoms with Gasteiger partial charge in [-0.1, -0.05) is 0 Å². The normalized spacial score (nSPS) is 11.6. The number of methoxy groups -OCH3 is 1. The molecule has 0 saturated heterocycles. The molecule has 1 aromatic rings. The molecule has 0 saturated carbocycles. The van der Waals surface area contributed by atoms with E-state index in [-0.39, 0.29) is 6.42 Å². The van der Waals surface area contributed by atoms with Gasteiger partial charge >= 0.3 is 6.18 Å². The highest BCUT2D eigenvalue weighted by Gasteiger charge is 2.25. The number of rotatable bonds is 6. The van der Waals surface area contributed by atoms with Crippen LogP contribution in [0.5, 0.6) is 5.75 Å². The molecular weight excluding hydrogens is 245 g/mol. The fourth-order valence-corrected chi connectivity index (χ4v) is 1.54. The van der Waals surface area contributed by atoms with Gasteiger partial charge in [-0.05, 0) is 19.9 Å². The van der Waals surface area contributed by atoms with E-state index < -0.39 is 12.6 Å². The number of ether oxygens (including phenoxy) is 1. The van der Waals surface area contributed by atoms with E-state index in [0.29, 0.717) is 18.8 Å². The molecule has 0 atom stereocenters. The Morgan fingerprint density at radius 2 is 2.06 bits per heavy atom. The molecule has 3 nitrogen and oxygen atoms in total. The first-order valence-corrected chi connectivity index (χ1v) is 5.70. The summed E-state index contributed by atoms with van der Waals surface area (Å²) in [7, 11) is 1.56. The average Bonchev–Trinajstić information content (AvgIpc) is 2.26. The highest BCUT2D eigenvalue weighted by Crippen LogP contribution is 2.20. The molecule has 1 rings (SSSR count). The van der Waals surface area contributed by atoms with Gasteiger partial charge in [-0.3, -0.25) is 4.98 Å². The molecule has 0 fully saturated rings. The molecule has 0 aliphatic rings. The molecule has 1 aromatic heterocycles. The first-order chi connectivity index (χ1) is 8.40. The van der Waals surface area contributed by atoms with Crippen molar-refractivity contribution in [2.45, 2.75) is 32.5 Å². The Morgan fingerprint density at radius 1 is 1.33 bits per heavy atom. The average molecular weight is 262 g/mol. The maximum Gasteiger partial charge on any atom is 0.389 e. The molecule has 1 heterocycles. The van der Waals surface area contributed by atoms with Crippen molar-refractivity contribution in [3.63, 3.8) is 0 Å². The van der Waals surface area contributed by atoms with Crippen LogP contribution >= 0.6 is 0 Å². The summed E-state index contributed by atoms with van der Waals surface area (Å²) < 4.78 is 40.8. The van der Waals surface area contributed by atoms with Crippen molar-refractivity contribution < 1.29 is 17.9 Å². The summed E-state index contributed by atoms with van der Waals surface area (Å²) >= 11 is 0. The van der Waals surface area contributed by atoms with Gasteiger partial charge in [-0.2, -0.15) is 13.2 Å². The minimum absolute atomic E-state index is 0.0758. The lowest BCUT2D eigenvalue weighted by Crippen LogP contribution is -2.18. The smallest absolute Gasteiger partial charge is 0.389 e. The Labute approximate surface area is 104 Å². The van der Waals surface area contributed by atoms with Crippen molar-refractivity contribution >= 4 is 0 Å². The summed E-state index contributed by atoms with van der Waals surface area (Å²) in [5.41, 5.74) is 1.58. The molecule has 18 heavy (non-hydrogen) atoms. The number of hydrogen-bond acceptors (Lipinski definition) is 3. The van der Waals surface area contributed by atoms with E-state index in [9.17, 15) is 13.2 Å². The number of aryl methyl sites for hydroxylation is 1. The van der Waals surface area contributed by atoms with Crippen LogP contribution in [0.2, 0.25) is 0 Å². The van der Waals surface area contributed by atoms with Crippen LogP contribution in [0.25, 0.3) is 0 Å². The van der Waals surface area contributed by atoms with Crippen LogP contribution in [0.3, 0.4) is 0 Å². The van der Waals surface area contributed by atoms with Gasteiger partial charge in [0.25, 0.3) is 0 Å². The third kappa shape index (κ3) is 5.86. The molecule has 0 bridgehead atoms. The second-order valence-corrected chi connectivity index (χ2v) is 4.04. The number of nitrogens with zero attached hydrogens (tertiary/aromatic N) is 1. The van der Waals surface area contributed by atoms with Crippen LogP contribution in [0.15, 0.2) is 12.1 Å². The number of halogens is 3. The fourth-order valence-electron chi connectivity index (χ4n) is 1.54. The summed E-state index contributed by atoms with van der Waals surface area (Å²) in [6, 6.07) is 3.57. The molecule has 0 amide bonds. The second-order valence-electron chi connectivity index (χ2n) is 4.04. The van der Waals surface area contributed by atoms with Crippen molar-refractivity contribution in [2.24, 2.45) is 0 Å². The summed E-state index contributed by atoms with van der Waals surface area (Å²) in [6.45, 7) is 2.60. The van der Waals surface area contributed by atoms with E-state index in [2.05, 4.69) is 10.3 Å². The summed E-state index contributed by atoms with van der Waals surface area (Å²) in [4.78, 5) is 4.26. The van der Waals surface area contributed by atoms with Gasteiger partial charge in [0.15, 0.2) is 0 Å². The molecule has 1 N–H and O–H groups in total. The molecular formula is C12H17F3N2O. The predicted octanol–water partition coefficient (Wildman–Crippen LogP) is 2.83. The van der Waals surface area contributed by atoms with Crippen molar-refractivity contribution in [2.75, 3.05) is 13.7 Å². The molecule has 102 valence electrons. The third-order valence-electron chi connectivity index (χ3n) is 2.34. The first-order valence-electron chi connectivity index (χ1n) is 5.70. The van der Waals surface area contributed by atoms with Gasteiger partial charge in [-0.15, -0.1) is 0 Å². The second kappa shape index (κ2) is 6.58.